The van der Waals surface area contributed by atoms with Gasteiger partial charge in [0.25, 0.3) is 10.2 Å². The van der Waals surface area contributed by atoms with Crippen molar-refractivity contribution in [1.82, 2.24) is 14.3 Å². The Labute approximate surface area is 134 Å². The van der Waals surface area contributed by atoms with Gasteiger partial charge in [0.2, 0.25) is 0 Å². The van der Waals surface area contributed by atoms with Crippen LogP contribution in [0.4, 0.5) is 0 Å². The standard InChI is InChI=1S/C14H31N3O2S2/c1-4-8-15-11-14-7-5-6-9-17(14)21(18,19)16-10-13(2)12-20-3/h13-16H,4-12H2,1-3H3. The summed E-state index contributed by atoms with van der Waals surface area (Å²) in [5.41, 5.74) is 0. The Morgan fingerprint density at radius 1 is 1.38 bits per heavy atom. The third kappa shape index (κ3) is 6.86. The molecule has 0 amide bonds. The predicted octanol–water partition coefficient (Wildman–Crippen LogP) is 1.67. The predicted molar refractivity (Wildman–Crippen MR) is 92.0 cm³/mol. The third-order valence-corrected chi connectivity index (χ3v) is 6.29. The summed E-state index contributed by atoms with van der Waals surface area (Å²) in [6.45, 7) is 7.07. The molecule has 0 radical (unpaired) electrons. The molecule has 0 aromatic rings. The molecule has 126 valence electrons. The van der Waals surface area contributed by atoms with Crippen molar-refractivity contribution in [3.05, 3.63) is 0 Å². The van der Waals surface area contributed by atoms with Gasteiger partial charge in [0.1, 0.15) is 0 Å². The van der Waals surface area contributed by atoms with Crippen LogP contribution in [-0.2, 0) is 10.2 Å². The van der Waals surface area contributed by atoms with Crippen molar-refractivity contribution in [3.8, 4) is 0 Å². The van der Waals surface area contributed by atoms with Gasteiger partial charge in [0.15, 0.2) is 0 Å². The van der Waals surface area contributed by atoms with E-state index in [-0.39, 0.29) is 6.04 Å². The lowest BCUT2D eigenvalue weighted by Crippen LogP contribution is -2.53. The van der Waals surface area contributed by atoms with Crippen LogP contribution in [0.15, 0.2) is 0 Å². The Kier molecular flexibility index (Phi) is 9.20. The van der Waals surface area contributed by atoms with Crippen LogP contribution in [0.1, 0.15) is 39.5 Å². The molecular weight excluding hydrogens is 306 g/mol. The average Bonchev–Trinajstić information content (AvgIpc) is 2.46. The van der Waals surface area contributed by atoms with E-state index >= 15 is 0 Å². The zero-order valence-electron chi connectivity index (χ0n) is 13.6. The van der Waals surface area contributed by atoms with Gasteiger partial charge in [-0.1, -0.05) is 20.3 Å². The highest BCUT2D eigenvalue weighted by molar-refractivity contribution is 7.98. The molecule has 1 saturated heterocycles. The van der Waals surface area contributed by atoms with Crippen LogP contribution in [-0.4, -0.2) is 57.0 Å². The summed E-state index contributed by atoms with van der Waals surface area (Å²) in [5.74, 6) is 1.33. The summed E-state index contributed by atoms with van der Waals surface area (Å²) >= 11 is 1.75. The first kappa shape index (κ1) is 19.2. The van der Waals surface area contributed by atoms with Crippen molar-refractivity contribution in [1.29, 1.82) is 0 Å². The first-order chi connectivity index (χ1) is 10.0. The molecule has 5 nitrogen and oxygen atoms in total. The lowest BCUT2D eigenvalue weighted by Gasteiger charge is -2.35. The van der Waals surface area contributed by atoms with Crippen LogP contribution in [0.25, 0.3) is 0 Å². The highest BCUT2D eigenvalue weighted by Gasteiger charge is 2.31. The van der Waals surface area contributed by atoms with E-state index in [1.165, 1.54) is 0 Å². The smallest absolute Gasteiger partial charge is 0.279 e. The molecule has 0 aromatic carbocycles. The molecule has 0 aliphatic carbocycles. The second-order valence-electron chi connectivity index (χ2n) is 5.88. The van der Waals surface area contributed by atoms with Crippen molar-refractivity contribution < 1.29 is 8.42 Å². The van der Waals surface area contributed by atoms with Crippen LogP contribution in [0.3, 0.4) is 0 Å². The van der Waals surface area contributed by atoms with Gasteiger partial charge in [0, 0.05) is 25.7 Å². The Balaban J connectivity index is 2.55. The minimum absolute atomic E-state index is 0.0960. The molecule has 21 heavy (non-hydrogen) atoms. The average molecular weight is 338 g/mol. The molecular formula is C14H31N3O2S2. The van der Waals surface area contributed by atoms with E-state index < -0.39 is 10.2 Å². The summed E-state index contributed by atoms with van der Waals surface area (Å²) < 4.78 is 29.5. The number of nitrogens with one attached hydrogen (secondary N) is 2. The van der Waals surface area contributed by atoms with Gasteiger partial charge in [-0.2, -0.15) is 24.5 Å². The fraction of sp³-hybridized carbons (Fsp3) is 1.00. The minimum Gasteiger partial charge on any atom is -0.315 e. The summed E-state index contributed by atoms with van der Waals surface area (Å²) in [6, 6.07) is 0.0960. The van der Waals surface area contributed by atoms with Crippen LogP contribution >= 0.6 is 11.8 Å². The van der Waals surface area contributed by atoms with Crippen molar-refractivity contribution >= 4 is 22.0 Å². The summed E-state index contributed by atoms with van der Waals surface area (Å²) in [7, 11) is -3.35. The highest BCUT2D eigenvalue weighted by atomic mass is 32.2. The molecule has 0 aromatic heterocycles. The molecule has 1 rings (SSSR count). The molecule has 7 heteroatoms. The Bertz CT molecular complexity index is 376. The largest absolute Gasteiger partial charge is 0.315 e. The Hall–Kier alpha value is 0.180. The fourth-order valence-electron chi connectivity index (χ4n) is 2.61. The van der Waals surface area contributed by atoms with E-state index in [1.54, 1.807) is 16.1 Å². The number of thioether (sulfide) groups is 1. The quantitative estimate of drug-likeness (QED) is 0.595. The van der Waals surface area contributed by atoms with E-state index in [4.69, 9.17) is 0 Å². The molecule has 2 atom stereocenters. The molecule has 1 aliphatic rings. The molecule has 2 N–H and O–H groups in total. The third-order valence-electron chi connectivity index (χ3n) is 3.75. The molecule has 0 saturated carbocycles. The Morgan fingerprint density at radius 2 is 2.14 bits per heavy atom. The maximum Gasteiger partial charge on any atom is 0.279 e. The molecule has 2 unspecified atom stereocenters. The maximum atomic E-state index is 12.5. The van der Waals surface area contributed by atoms with Crippen LogP contribution in [0.2, 0.25) is 0 Å². The van der Waals surface area contributed by atoms with Crippen LogP contribution in [0, 0.1) is 5.92 Å². The van der Waals surface area contributed by atoms with Crippen molar-refractivity contribution in [2.24, 2.45) is 5.92 Å². The summed E-state index contributed by atoms with van der Waals surface area (Å²) in [4.78, 5) is 0. The van der Waals surface area contributed by atoms with Gasteiger partial charge >= 0.3 is 0 Å². The van der Waals surface area contributed by atoms with Crippen molar-refractivity contribution in [3.63, 3.8) is 0 Å². The fourth-order valence-corrected chi connectivity index (χ4v) is 4.90. The maximum absolute atomic E-state index is 12.5. The lowest BCUT2D eigenvalue weighted by atomic mass is 10.1. The zero-order chi connectivity index (χ0) is 15.7. The lowest BCUT2D eigenvalue weighted by molar-refractivity contribution is 0.242. The van der Waals surface area contributed by atoms with E-state index in [1.807, 2.05) is 6.26 Å². The van der Waals surface area contributed by atoms with Gasteiger partial charge in [-0.05, 0) is 43.7 Å². The van der Waals surface area contributed by atoms with Gasteiger partial charge in [-0.25, -0.2) is 4.72 Å². The monoisotopic (exact) mass is 337 g/mol. The van der Waals surface area contributed by atoms with E-state index in [9.17, 15) is 8.42 Å². The zero-order valence-corrected chi connectivity index (χ0v) is 15.2. The van der Waals surface area contributed by atoms with Gasteiger partial charge in [-0.3, -0.25) is 0 Å². The van der Waals surface area contributed by atoms with Gasteiger partial charge in [-0.15, -0.1) is 0 Å². The number of piperidine rings is 1. The molecule has 1 fully saturated rings. The first-order valence-corrected chi connectivity index (χ1v) is 10.8. The van der Waals surface area contributed by atoms with Crippen LogP contribution in [0.5, 0.6) is 0 Å². The van der Waals surface area contributed by atoms with Crippen molar-refractivity contribution in [2.75, 3.05) is 38.2 Å². The van der Waals surface area contributed by atoms with Crippen molar-refractivity contribution in [2.45, 2.75) is 45.6 Å². The second kappa shape index (κ2) is 10.0. The summed E-state index contributed by atoms with van der Waals surface area (Å²) in [5, 5.41) is 3.35. The number of hydrogen-bond donors (Lipinski definition) is 2. The van der Waals surface area contributed by atoms with E-state index in [0.29, 0.717) is 19.0 Å². The first-order valence-electron chi connectivity index (χ1n) is 7.97. The number of rotatable bonds is 10. The van der Waals surface area contributed by atoms with Gasteiger partial charge < -0.3 is 5.32 Å². The van der Waals surface area contributed by atoms with Crippen LogP contribution < -0.4 is 10.0 Å². The molecule has 0 bridgehead atoms. The highest BCUT2D eigenvalue weighted by Crippen LogP contribution is 2.19. The molecule has 1 heterocycles. The number of hydrogen-bond acceptors (Lipinski definition) is 4. The Morgan fingerprint density at radius 3 is 2.81 bits per heavy atom. The van der Waals surface area contributed by atoms with E-state index in [2.05, 4.69) is 23.9 Å². The van der Waals surface area contributed by atoms with Gasteiger partial charge in [0.05, 0.1) is 0 Å². The SMILES string of the molecule is CCCNCC1CCCCN1S(=O)(=O)NCC(C)CSC. The second-order valence-corrected chi connectivity index (χ2v) is 8.50. The topological polar surface area (TPSA) is 61.4 Å². The number of nitrogens with zero attached hydrogens (tertiary/aromatic N) is 1. The summed E-state index contributed by atoms with van der Waals surface area (Å²) in [6.07, 6.45) is 6.16. The molecule has 0 spiro atoms. The normalized spacial score (nSPS) is 22.3. The molecule has 1 aliphatic heterocycles. The minimum atomic E-state index is -3.35. The van der Waals surface area contributed by atoms with E-state index in [0.717, 1.165) is 44.5 Å².